The van der Waals surface area contributed by atoms with Gasteiger partial charge in [-0.15, -0.1) is 6.42 Å². The fourth-order valence-electron chi connectivity index (χ4n) is 3.41. The molecule has 1 aromatic carbocycles. The van der Waals surface area contributed by atoms with Gasteiger partial charge in [-0.25, -0.2) is 0 Å². The summed E-state index contributed by atoms with van der Waals surface area (Å²) in [5, 5.41) is 9.54. The molecule has 12 heteroatoms. The fourth-order valence-corrected chi connectivity index (χ4v) is 3.41. The number of aliphatic hydroxyl groups excluding tert-OH is 1. The molecule has 5 atom stereocenters. The summed E-state index contributed by atoms with van der Waals surface area (Å²) >= 11 is 0. The summed E-state index contributed by atoms with van der Waals surface area (Å²) in [6.45, 7) is 3.73. The quantitative estimate of drug-likeness (QED) is 0.268. The van der Waals surface area contributed by atoms with Crippen LogP contribution < -0.4 is 9.47 Å². The topological polar surface area (TPSA) is 153 Å². The Hall–Kier alpha value is -3.82. The van der Waals surface area contributed by atoms with Crippen LogP contribution in [0.5, 0.6) is 11.5 Å². The van der Waals surface area contributed by atoms with E-state index < -0.39 is 61.2 Å². The van der Waals surface area contributed by atoms with Crippen molar-refractivity contribution in [3.8, 4) is 23.8 Å². The minimum absolute atomic E-state index is 0.0739. The molecule has 12 nitrogen and oxygen atoms in total. The van der Waals surface area contributed by atoms with Crippen molar-refractivity contribution >= 4 is 23.9 Å². The molecule has 1 N–H and O–H groups in total. The highest BCUT2D eigenvalue weighted by Crippen LogP contribution is 2.32. The molecule has 0 radical (unpaired) electrons. The normalized spacial score (nSPS) is 22.9. The number of esters is 4. The third-order valence-electron chi connectivity index (χ3n) is 4.72. The van der Waals surface area contributed by atoms with Crippen LogP contribution in [-0.2, 0) is 49.5 Å². The van der Waals surface area contributed by atoms with Crippen molar-refractivity contribution in [1.82, 2.24) is 0 Å². The maximum absolute atomic E-state index is 11.9. The third-order valence-corrected chi connectivity index (χ3v) is 4.72. The van der Waals surface area contributed by atoms with Gasteiger partial charge in [-0.2, -0.15) is 0 Å². The van der Waals surface area contributed by atoms with Crippen LogP contribution in [0.3, 0.4) is 0 Å². The number of carbonyl (C=O) groups excluding carboxylic acids is 4. The van der Waals surface area contributed by atoms with E-state index in [1.165, 1.54) is 25.1 Å². The van der Waals surface area contributed by atoms with Gasteiger partial charge >= 0.3 is 23.9 Å². The zero-order chi connectivity index (χ0) is 26.8. The number of ether oxygens (including phenoxy) is 7. The molecule has 0 aliphatic carbocycles. The molecule has 196 valence electrons. The summed E-state index contributed by atoms with van der Waals surface area (Å²) in [5.41, 5.74) is 0.430. The zero-order valence-corrected chi connectivity index (χ0v) is 20.3. The number of terminal acetylenes is 1. The lowest BCUT2D eigenvalue weighted by Gasteiger charge is -2.43. The Bertz CT molecular complexity index is 997. The van der Waals surface area contributed by atoms with Crippen molar-refractivity contribution in [2.45, 2.75) is 65.0 Å². The fraction of sp³-hybridized carbons (Fsp3) is 0.500. The molecule has 1 aliphatic rings. The molecule has 1 fully saturated rings. The maximum Gasteiger partial charge on any atom is 0.303 e. The van der Waals surface area contributed by atoms with Crippen LogP contribution in [0.2, 0.25) is 0 Å². The molecule has 1 saturated heterocycles. The summed E-state index contributed by atoms with van der Waals surface area (Å²) in [6.07, 6.45) is -1.40. The molecule has 0 spiro atoms. The molecular weight excluding hydrogens is 480 g/mol. The van der Waals surface area contributed by atoms with Crippen molar-refractivity contribution in [2.75, 3.05) is 13.2 Å². The Kier molecular flexibility index (Phi) is 10.5. The van der Waals surface area contributed by atoms with Crippen LogP contribution in [0.1, 0.15) is 33.3 Å². The number of rotatable bonds is 10. The van der Waals surface area contributed by atoms with Gasteiger partial charge in [-0.3, -0.25) is 19.2 Å². The van der Waals surface area contributed by atoms with E-state index in [4.69, 9.17) is 39.6 Å². The summed E-state index contributed by atoms with van der Waals surface area (Å²) in [6, 6.07) is 4.44. The third kappa shape index (κ3) is 8.14. The molecule has 0 saturated carbocycles. The first-order chi connectivity index (χ1) is 17.0. The van der Waals surface area contributed by atoms with Gasteiger partial charge in [-0.05, 0) is 12.1 Å². The van der Waals surface area contributed by atoms with Crippen molar-refractivity contribution in [1.29, 1.82) is 0 Å². The van der Waals surface area contributed by atoms with Crippen LogP contribution in [0, 0.1) is 12.3 Å². The highest BCUT2D eigenvalue weighted by molar-refractivity contribution is 5.68. The first-order valence-electron chi connectivity index (χ1n) is 10.8. The Morgan fingerprint density at radius 3 is 2.11 bits per heavy atom. The molecule has 0 unspecified atom stereocenters. The lowest BCUT2D eigenvalue weighted by Crippen LogP contribution is -2.63. The van der Waals surface area contributed by atoms with Gasteiger partial charge in [0.15, 0.2) is 12.2 Å². The van der Waals surface area contributed by atoms with Gasteiger partial charge in [-0.1, -0.05) is 5.92 Å². The summed E-state index contributed by atoms with van der Waals surface area (Å²) in [4.78, 5) is 47.0. The first kappa shape index (κ1) is 28.4. The van der Waals surface area contributed by atoms with Crippen LogP contribution >= 0.6 is 0 Å². The van der Waals surface area contributed by atoms with E-state index in [1.807, 2.05) is 0 Å². The second-order valence-corrected chi connectivity index (χ2v) is 7.61. The van der Waals surface area contributed by atoms with Crippen LogP contribution in [0.4, 0.5) is 0 Å². The molecule has 0 aromatic heterocycles. The average molecular weight is 508 g/mol. The Morgan fingerprint density at radius 2 is 1.56 bits per heavy atom. The zero-order valence-electron chi connectivity index (χ0n) is 20.3. The highest BCUT2D eigenvalue weighted by atomic mass is 16.7. The van der Waals surface area contributed by atoms with Gasteiger partial charge in [0.1, 0.15) is 30.8 Å². The van der Waals surface area contributed by atoms with Crippen LogP contribution in [-0.4, -0.2) is 72.9 Å². The SMILES string of the molecule is C#CCOc1cc(O[C@@H]2O[C@H](COC(C)=O)[C@@H](OC(C)=O)[C@H](OC(C)=O)[C@H]2OC(C)=O)ccc1CO. The largest absolute Gasteiger partial charge is 0.480 e. The highest BCUT2D eigenvalue weighted by Gasteiger charge is 2.53. The van der Waals surface area contributed by atoms with E-state index in [9.17, 15) is 24.3 Å². The molecule has 2 rings (SSSR count). The van der Waals surface area contributed by atoms with Gasteiger partial charge in [0.05, 0.1) is 6.61 Å². The molecule has 36 heavy (non-hydrogen) atoms. The van der Waals surface area contributed by atoms with E-state index in [0.29, 0.717) is 5.56 Å². The van der Waals surface area contributed by atoms with E-state index in [2.05, 4.69) is 5.92 Å². The smallest absolute Gasteiger partial charge is 0.303 e. The summed E-state index contributed by atoms with van der Waals surface area (Å²) < 4.78 is 38.3. The van der Waals surface area contributed by atoms with Crippen molar-refractivity contribution < 1.29 is 57.4 Å². The van der Waals surface area contributed by atoms with E-state index in [-0.39, 0.29) is 24.7 Å². The number of hydrogen-bond acceptors (Lipinski definition) is 12. The van der Waals surface area contributed by atoms with Crippen molar-refractivity contribution in [2.24, 2.45) is 0 Å². The van der Waals surface area contributed by atoms with E-state index in [1.54, 1.807) is 0 Å². The second kappa shape index (κ2) is 13.3. The number of benzene rings is 1. The van der Waals surface area contributed by atoms with Crippen molar-refractivity contribution in [3.63, 3.8) is 0 Å². The van der Waals surface area contributed by atoms with E-state index >= 15 is 0 Å². The molecule has 1 heterocycles. The Morgan fingerprint density at radius 1 is 0.944 bits per heavy atom. The number of carbonyl (C=O) groups is 4. The molecule has 1 aliphatic heterocycles. The molecule has 1 aromatic rings. The van der Waals surface area contributed by atoms with E-state index in [0.717, 1.165) is 20.8 Å². The predicted molar refractivity (Wildman–Crippen MR) is 119 cm³/mol. The molecular formula is C24H28O12. The minimum Gasteiger partial charge on any atom is -0.480 e. The summed E-state index contributed by atoms with van der Waals surface area (Å²) in [7, 11) is 0. The van der Waals surface area contributed by atoms with Gasteiger partial charge < -0.3 is 38.3 Å². The average Bonchev–Trinajstić information content (AvgIpc) is 2.79. The van der Waals surface area contributed by atoms with Crippen molar-refractivity contribution in [3.05, 3.63) is 23.8 Å². The standard InChI is InChI=1S/C24H28O12/c1-6-9-30-19-10-18(8-7-17(19)11-25)35-24-23(34-16(5)29)22(33-15(4)28)21(32-14(3)27)20(36-24)12-31-13(2)26/h1,7-8,10,20-25H,9,11-12H2,2-5H3/t20-,21-,22+,23-,24-/m1/s1. The first-order valence-corrected chi connectivity index (χ1v) is 10.8. The number of hydrogen-bond donors (Lipinski definition) is 1. The predicted octanol–water partition coefficient (Wildman–Crippen LogP) is 0.653. The Balaban J connectivity index is 2.48. The monoisotopic (exact) mass is 508 g/mol. The number of aliphatic hydroxyl groups is 1. The lowest BCUT2D eigenvalue weighted by molar-refractivity contribution is -0.288. The summed E-state index contributed by atoms with van der Waals surface area (Å²) in [5.74, 6) is -0.213. The molecule has 0 bridgehead atoms. The van der Waals surface area contributed by atoms with Crippen LogP contribution in [0.15, 0.2) is 18.2 Å². The maximum atomic E-state index is 11.9. The van der Waals surface area contributed by atoms with Gasteiger partial charge in [0.2, 0.25) is 12.4 Å². The van der Waals surface area contributed by atoms with Crippen LogP contribution in [0.25, 0.3) is 0 Å². The lowest BCUT2D eigenvalue weighted by atomic mass is 9.98. The van der Waals surface area contributed by atoms with Gasteiger partial charge in [0, 0.05) is 39.3 Å². The Labute approximate surface area is 207 Å². The van der Waals surface area contributed by atoms with Gasteiger partial charge in [0.25, 0.3) is 0 Å². The minimum atomic E-state index is -1.41. The second-order valence-electron chi connectivity index (χ2n) is 7.61. The molecule has 0 amide bonds.